The number of likely N-dealkylation sites (N-methyl/N-ethyl adjacent to an activating group) is 1. The molecule has 1 N–H and O–H groups in total. The third kappa shape index (κ3) is 4.08. The van der Waals surface area contributed by atoms with Gasteiger partial charge in [-0.2, -0.15) is 0 Å². The molecule has 1 saturated heterocycles. The molecule has 0 spiro atoms. The maximum Gasteiger partial charge on any atom is 0.275 e. The number of hydrogen-bond acceptors (Lipinski definition) is 7. The van der Waals surface area contributed by atoms with Crippen molar-refractivity contribution in [2.24, 2.45) is 0 Å². The molecule has 8 nitrogen and oxygen atoms in total. The Morgan fingerprint density at radius 3 is 2.62 bits per heavy atom. The number of aromatic nitrogens is 2. The van der Waals surface area contributed by atoms with Crippen LogP contribution in [0.25, 0.3) is 0 Å². The summed E-state index contributed by atoms with van der Waals surface area (Å²) in [6.45, 7) is 6.95. The molecule has 1 aromatic carbocycles. The van der Waals surface area contributed by atoms with Crippen molar-refractivity contribution in [3.05, 3.63) is 52.0 Å². The van der Waals surface area contributed by atoms with Crippen LogP contribution in [-0.4, -0.2) is 59.6 Å². The van der Waals surface area contributed by atoms with E-state index in [9.17, 15) is 10.1 Å². The summed E-state index contributed by atoms with van der Waals surface area (Å²) < 4.78 is 0. The summed E-state index contributed by atoms with van der Waals surface area (Å²) in [6, 6.07) is 7.32. The molecule has 138 valence electrons. The maximum absolute atomic E-state index is 11.6. The summed E-state index contributed by atoms with van der Waals surface area (Å²) in [4.78, 5) is 24.2. The van der Waals surface area contributed by atoms with Gasteiger partial charge in [-0.25, -0.2) is 9.97 Å². The van der Waals surface area contributed by atoms with Crippen LogP contribution >= 0.6 is 0 Å². The van der Waals surface area contributed by atoms with Gasteiger partial charge in [0.1, 0.15) is 12.1 Å². The fraction of sp³-hybridized carbons (Fsp3) is 0.444. The lowest BCUT2D eigenvalue weighted by atomic mass is 10.1. The van der Waals surface area contributed by atoms with E-state index in [-0.39, 0.29) is 10.6 Å². The summed E-state index contributed by atoms with van der Waals surface area (Å²) in [5.41, 5.74) is 2.46. The smallest absolute Gasteiger partial charge is 0.275 e. The monoisotopic (exact) mass is 356 g/mol. The van der Waals surface area contributed by atoms with E-state index < -0.39 is 0 Å². The summed E-state index contributed by atoms with van der Waals surface area (Å²) in [5.74, 6) is 0.697. The van der Waals surface area contributed by atoms with Crippen LogP contribution in [0.15, 0.2) is 30.6 Å². The van der Waals surface area contributed by atoms with Crippen molar-refractivity contribution < 1.29 is 4.92 Å². The van der Waals surface area contributed by atoms with E-state index in [1.807, 2.05) is 18.2 Å². The molecular formula is C18H24N6O2. The Hall–Kier alpha value is -2.74. The first-order valence-electron chi connectivity index (χ1n) is 8.84. The molecule has 8 heteroatoms. The third-order valence-electron chi connectivity index (χ3n) is 4.80. The Balaban J connectivity index is 1.82. The molecule has 0 saturated carbocycles. The molecule has 1 aliphatic heterocycles. The van der Waals surface area contributed by atoms with Gasteiger partial charge in [-0.05, 0) is 18.7 Å². The first-order chi connectivity index (χ1) is 12.6. The van der Waals surface area contributed by atoms with Crippen molar-refractivity contribution >= 4 is 17.2 Å². The molecule has 2 aromatic rings. The Bertz CT molecular complexity index is 774. The summed E-state index contributed by atoms with van der Waals surface area (Å²) in [6.07, 6.45) is 1.87. The van der Waals surface area contributed by atoms with Crippen molar-refractivity contribution in [1.82, 2.24) is 14.9 Å². The minimum atomic E-state index is -0.304. The largest absolute Gasteiger partial charge is 0.373 e. The maximum atomic E-state index is 11.6. The topological polar surface area (TPSA) is 87.4 Å². The minimum absolute atomic E-state index is 0.144. The number of rotatable bonds is 6. The van der Waals surface area contributed by atoms with Gasteiger partial charge in [0.15, 0.2) is 0 Å². The molecule has 0 atom stereocenters. The van der Waals surface area contributed by atoms with Crippen LogP contribution in [0.5, 0.6) is 0 Å². The lowest BCUT2D eigenvalue weighted by Gasteiger charge is -2.35. The normalized spacial score (nSPS) is 15.1. The zero-order chi connectivity index (χ0) is 18.5. The number of benzene rings is 1. The minimum Gasteiger partial charge on any atom is -0.373 e. The van der Waals surface area contributed by atoms with E-state index in [0.717, 1.165) is 44.1 Å². The molecule has 0 aliphatic carbocycles. The molecule has 0 bridgehead atoms. The van der Waals surface area contributed by atoms with Gasteiger partial charge in [-0.1, -0.05) is 6.92 Å². The van der Waals surface area contributed by atoms with E-state index in [1.165, 1.54) is 6.33 Å². The highest BCUT2D eigenvalue weighted by atomic mass is 16.6. The zero-order valence-electron chi connectivity index (χ0n) is 15.2. The Labute approximate surface area is 153 Å². The number of nitro benzene ring substituents is 1. The molecule has 2 heterocycles. The number of nitrogens with zero attached hydrogens (tertiary/aromatic N) is 5. The van der Waals surface area contributed by atoms with Gasteiger partial charge >= 0.3 is 0 Å². The fourth-order valence-corrected chi connectivity index (χ4v) is 3.22. The average Bonchev–Trinajstić information content (AvgIpc) is 2.68. The van der Waals surface area contributed by atoms with Gasteiger partial charge in [0, 0.05) is 63.0 Å². The van der Waals surface area contributed by atoms with Crippen LogP contribution in [-0.2, 0) is 6.42 Å². The second kappa shape index (κ2) is 8.09. The molecule has 0 amide bonds. The van der Waals surface area contributed by atoms with Crippen LogP contribution in [0, 0.1) is 10.1 Å². The van der Waals surface area contributed by atoms with Crippen LogP contribution < -0.4 is 10.2 Å². The zero-order valence-corrected chi connectivity index (χ0v) is 15.2. The fourth-order valence-electron chi connectivity index (χ4n) is 3.22. The second-order valence-corrected chi connectivity index (χ2v) is 6.31. The van der Waals surface area contributed by atoms with E-state index in [0.29, 0.717) is 17.8 Å². The highest BCUT2D eigenvalue weighted by Crippen LogP contribution is 2.28. The number of nitro groups is 1. The Morgan fingerprint density at radius 1 is 1.19 bits per heavy atom. The van der Waals surface area contributed by atoms with Gasteiger partial charge in [-0.15, -0.1) is 0 Å². The summed E-state index contributed by atoms with van der Waals surface area (Å²) in [7, 11) is 1.78. The van der Waals surface area contributed by atoms with Crippen molar-refractivity contribution in [3.63, 3.8) is 0 Å². The van der Waals surface area contributed by atoms with E-state index in [4.69, 9.17) is 0 Å². The molecular weight excluding hydrogens is 332 g/mol. The van der Waals surface area contributed by atoms with Crippen LogP contribution in [0.2, 0.25) is 0 Å². The lowest BCUT2D eigenvalue weighted by molar-refractivity contribution is -0.385. The third-order valence-corrected chi connectivity index (χ3v) is 4.80. The van der Waals surface area contributed by atoms with Crippen LogP contribution in [0.3, 0.4) is 0 Å². The quantitative estimate of drug-likeness (QED) is 0.627. The standard InChI is InChI=1S/C18H24N6O2/c1-3-22-6-8-23(9-7-22)16-5-4-14(17(12-16)24(25)26)10-15-11-18(19-2)21-13-20-15/h4-5,11-13H,3,6-10H2,1-2H3,(H,19,20,21). The van der Waals surface area contributed by atoms with Gasteiger partial charge in [-0.3, -0.25) is 10.1 Å². The van der Waals surface area contributed by atoms with Gasteiger partial charge in [0.05, 0.1) is 10.6 Å². The van der Waals surface area contributed by atoms with Crippen LogP contribution in [0.4, 0.5) is 17.2 Å². The second-order valence-electron chi connectivity index (χ2n) is 6.31. The van der Waals surface area contributed by atoms with Crippen molar-refractivity contribution in [3.8, 4) is 0 Å². The lowest BCUT2D eigenvalue weighted by Crippen LogP contribution is -2.46. The predicted octanol–water partition coefficient (Wildman–Crippen LogP) is 2.16. The number of hydrogen-bond donors (Lipinski definition) is 1. The molecule has 0 radical (unpaired) electrons. The average molecular weight is 356 g/mol. The van der Waals surface area contributed by atoms with Gasteiger partial charge < -0.3 is 15.1 Å². The summed E-state index contributed by atoms with van der Waals surface area (Å²) in [5, 5.41) is 14.6. The Morgan fingerprint density at radius 2 is 1.96 bits per heavy atom. The molecule has 1 fully saturated rings. The molecule has 26 heavy (non-hydrogen) atoms. The molecule has 0 unspecified atom stereocenters. The number of anilines is 2. The number of nitrogens with one attached hydrogen (secondary N) is 1. The SMILES string of the molecule is CCN1CCN(c2ccc(Cc3cc(NC)ncn3)c([N+](=O)[O-])c2)CC1. The van der Waals surface area contributed by atoms with Crippen LogP contribution in [0.1, 0.15) is 18.2 Å². The molecule has 3 rings (SSSR count). The highest BCUT2D eigenvalue weighted by Gasteiger charge is 2.21. The molecule has 1 aliphatic rings. The Kier molecular flexibility index (Phi) is 5.62. The van der Waals surface area contributed by atoms with E-state index >= 15 is 0 Å². The first kappa shape index (κ1) is 18.1. The number of piperazine rings is 1. The van der Waals surface area contributed by atoms with Crippen molar-refractivity contribution in [2.75, 3.05) is 50.0 Å². The molecule has 1 aromatic heterocycles. The summed E-state index contributed by atoms with van der Waals surface area (Å²) >= 11 is 0. The van der Waals surface area contributed by atoms with E-state index in [1.54, 1.807) is 13.1 Å². The predicted molar refractivity (Wildman–Crippen MR) is 102 cm³/mol. The van der Waals surface area contributed by atoms with E-state index in [2.05, 4.69) is 32.0 Å². The van der Waals surface area contributed by atoms with Gasteiger partial charge in [0.2, 0.25) is 0 Å². The highest BCUT2D eigenvalue weighted by molar-refractivity contribution is 5.58. The van der Waals surface area contributed by atoms with Crippen molar-refractivity contribution in [2.45, 2.75) is 13.3 Å². The van der Waals surface area contributed by atoms with Crippen molar-refractivity contribution in [1.29, 1.82) is 0 Å². The van der Waals surface area contributed by atoms with Gasteiger partial charge in [0.25, 0.3) is 5.69 Å². The first-order valence-corrected chi connectivity index (χ1v) is 8.84.